The third-order valence-corrected chi connectivity index (χ3v) is 3.42. The molecule has 1 N–H and O–H groups in total. The van der Waals surface area contributed by atoms with E-state index >= 15 is 0 Å². The van der Waals surface area contributed by atoms with Crippen LogP contribution >= 0.6 is 0 Å². The van der Waals surface area contributed by atoms with Gasteiger partial charge in [0.1, 0.15) is 11.5 Å². The van der Waals surface area contributed by atoms with Crippen molar-refractivity contribution in [2.24, 2.45) is 0 Å². The summed E-state index contributed by atoms with van der Waals surface area (Å²) in [6.45, 7) is 12.6. The van der Waals surface area contributed by atoms with Crippen LogP contribution in [0.25, 0.3) is 0 Å². The van der Waals surface area contributed by atoms with Crippen LogP contribution in [0.3, 0.4) is 0 Å². The van der Waals surface area contributed by atoms with Crippen molar-refractivity contribution in [3.63, 3.8) is 0 Å². The fraction of sp³-hybridized carbons (Fsp3) is 0.750. The Morgan fingerprint density at radius 2 is 1.80 bits per heavy atom. The Morgan fingerprint density at radius 3 is 2.35 bits per heavy atom. The van der Waals surface area contributed by atoms with Crippen molar-refractivity contribution in [3.05, 3.63) is 23.7 Å². The number of rotatable bonds is 9. The maximum Gasteiger partial charge on any atom is 0.118 e. The van der Waals surface area contributed by atoms with Crippen LogP contribution in [0.5, 0.6) is 0 Å². The zero-order chi connectivity index (χ0) is 15.1. The molecule has 0 aliphatic heterocycles. The summed E-state index contributed by atoms with van der Waals surface area (Å²) in [6.07, 6.45) is 0. The number of nitrogens with zero attached hydrogens (tertiary/aromatic N) is 2. The lowest BCUT2D eigenvalue weighted by molar-refractivity contribution is 0.162. The van der Waals surface area contributed by atoms with Gasteiger partial charge in [0, 0.05) is 18.6 Å². The summed E-state index contributed by atoms with van der Waals surface area (Å²) < 4.78 is 5.90. The van der Waals surface area contributed by atoms with Crippen molar-refractivity contribution in [1.29, 1.82) is 0 Å². The molecule has 0 bridgehead atoms. The molecule has 116 valence electrons. The molecule has 0 aromatic carbocycles. The highest BCUT2D eigenvalue weighted by Crippen LogP contribution is 2.13. The number of hydrogen-bond donors (Lipinski definition) is 1. The average Bonchev–Trinajstić information content (AvgIpc) is 2.80. The molecule has 4 nitrogen and oxygen atoms in total. The summed E-state index contributed by atoms with van der Waals surface area (Å²) in [4.78, 5) is 4.67. The first-order chi connectivity index (χ1) is 9.42. The van der Waals surface area contributed by atoms with Gasteiger partial charge in [-0.3, -0.25) is 4.90 Å². The zero-order valence-electron chi connectivity index (χ0n) is 13.9. The number of furan rings is 1. The molecule has 20 heavy (non-hydrogen) atoms. The lowest BCUT2D eigenvalue weighted by Gasteiger charge is -2.29. The fourth-order valence-corrected chi connectivity index (χ4v) is 2.33. The van der Waals surface area contributed by atoms with Crippen molar-refractivity contribution in [3.8, 4) is 0 Å². The molecule has 0 fully saturated rings. The number of likely N-dealkylation sites (N-methyl/N-ethyl adjacent to an activating group) is 2. The normalized spacial score (nSPS) is 13.7. The molecule has 0 spiro atoms. The molecule has 0 aliphatic rings. The minimum atomic E-state index is 0.482. The Balaban J connectivity index is 2.53. The monoisotopic (exact) mass is 281 g/mol. The highest BCUT2D eigenvalue weighted by atomic mass is 16.3. The van der Waals surface area contributed by atoms with Gasteiger partial charge in [-0.2, -0.15) is 0 Å². The summed E-state index contributed by atoms with van der Waals surface area (Å²) in [7, 11) is 4.24. The predicted octanol–water partition coefficient (Wildman–Crippen LogP) is 2.55. The van der Waals surface area contributed by atoms with Crippen LogP contribution in [0.2, 0.25) is 0 Å². The van der Waals surface area contributed by atoms with Gasteiger partial charge >= 0.3 is 0 Å². The maximum absolute atomic E-state index is 5.90. The first-order valence-electron chi connectivity index (χ1n) is 7.62. The second-order valence-corrected chi connectivity index (χ2v) is 6.08. The average molecular weight is 281 g/mol. The fourth-order valence-electron chi connectivity index (χ4n) is 2.33. The smallest absolute Gasteiger partial charge is 0.118 e. The lowest BCUT2D eigenvalue weighted by atomic mass is 10.2. The van der Waals surface area contributed by atoms with Gasteiger partial charge in [0.05, 0.1) is 13.1 Å². The first-order valence-corrected chi connectivity index (χ1v) is 7.62. The van der Waals surface area contributed by atoms with Crippen molar-refractivity contribution in [1.82, 2.24) is 15.1 Å². The number of hydrogen-bond acceptors (Lipinski definition) is 4. The molecule has 0 saturated heterocycles. The van der Waals surface area contributed by atoms with E-state index in [9.17, 15) is 0 Å². The first kappa shape index (κ1) is 17.2. The van der Waals surface area contributed by atoms with Crippen LogP contribution in [0.1, 0.15) is 39.2 Å². The third kappa shape index (κ3) is 6.07. The van der Waals surface area contributed by atoms with Gasteiger partial charge < -0.3 is 14.6 Å². The molecule has 1 rings (SSSR count). The highest BCUT2D eigenvalue weighted by Gasteiger charge is 2.15. The summed E-state index contributed by atoms with van der Waals surface area (Å²) in [5.41, 5.74) is 0. The summed E-state index contributed by atoms with van der Waals surface area (Å²) in [5, 5.41) is 3.38. The molecule has 1 unspecified atom stereocenters. The van der Waals surface area contributed by atoms with E-state index in [2.05, 4.69) is 69.0 Å². The maximum atomic E-state index is 5.90. The zero-order valence-corrected chi connectivity index (χ0v) is 13.9. The van der Waals surface area contributed by atoms with E-state index in [1.54, 1.807) is 0 Å². The van der Waals surface area contributed by atoms with Crippen LogP contribution in [0, 0.1) is 0 Å². The molecular formula is C16H31N3O. The third-order valence-electron chi connectivity index (χ3n) is 3.42. The van der Waals surface area contributed by atoms with Crippen molar-refractivity contribution >= 4 is 0 Å². The molecule has 0 radical (unpaired) electrons. The Hall–Kier alpha value is -0.840. The SMILES string of the molecule is CCN(Cc1ccc(CNC(C)C)o1)C(C)CN(C)C. The van der Waals surface area contributed by atoms with Crippen molar-refractivity contribution < 1.29 is 4.42 Å². The van der Waals surface area contributed by atoms with Gasteiger partial charge in [0.25, 0.3) is 0 Å². The minimum Gasteiger partial charge on any atom is -0.463 e. The molecule has 4 heteroatoms. The van der Waals surface area contributed by atoms with E-state index < -0.39 is 0 Å². The molecule has 0 aliphatic carbocycles. The minimum absolute atomic E-state index is 0.482. The summed E-state index contributed by atoms with van der Waals surface area (Å²) in [6, 6.07) is 5.19. The van der Waals surface area contributed by atoms with E-state index in [1.807, 2.05) is 0 Å². The largest absolute Gasteiger partial charge is 0.463 e. The van der Waals surface area contributed by atoms with Gasteiger partial charge in [-0.15, -0.1) is 0 Å². The van der Waals surface area contributed by atoms with Crippen molar-refractivity contribution in [2.45, 2.75) is 52.9 Å². The van der Waals surface area contributed by atoms with Crippen molar-refractivity contribution in [2.75, 3.05) is 27.2 Å². The predicted molar refractivity (Wildman–Crippen MR) is 84.8 cm³/mol. The molecule has 0 amide bonds. The van der Waals surface area contributed by atoms with Crippen LogP contribution in [-0.4, -0.2) is 49.1 Å². The van der Waals surface area contributed by atoms with E-state index in [4.69, 9.17) is 4.42 Å². The topological polar surface area (TPSA) is 31.6 Å². The van der Waals surface area contributed by atoms with Gasteiger partial charge in [-0.1, -0.05) is 20.8 Å². The van der Waals surface area contributed by atoms with Gasteiger partial charge in [0.2, 0.25) is 0 Å². The van der Waals surface area contributed by atoms with Crippen LogP contribution in [-0.2, 0) is 13.1 Å². The standard InChI is InChI=1S/C16H31N3O/c1-7-19(14(4)11-18(5)6)12-16-9-8-15(20-16)10-17-13(2)3/h8-9,13-14,17H,7,10-12H2,1-6H3. The molecule has 1 atom stereocenters. The Labute approximate surface area is 124 Å². The summed E-state index contributed by atoms with van der Waals surface area (Å²) in [5.74, 6) is 2.07. The highest BCUT2D eigenvalue weighted by molar-refractivity contribution is 5.07. The lowest BCUT2D eigenvalue weighted by Crippen LogP contribution is -2.39. The Morgan fingerprint density at radius 1 is 1.15 bits per heavy atom. The van der Waals surface area contributed by atoms with Crippen LogP contribution in [0.4, 0.5) is 0 Å². The molecule has 1 aromatic heterocycles. The van der Waals surface area contributed by atoms with E-state index in [0.29, 0.717) is 12.1 Å². The quantitative estimate of drug-likeness (QED) is 0.754. The van der Waals surface area contributed by atoms with Gasteiger partial charge in [0.15, 0.2) is 0 Å². The van der Waals surface area contributed by atoms with Gasteiger partial charge in [-0.05, 0) is 39.7 Å². The second kappa shape index (κ2) is 8.45. The molecular weight excluding hydrogens is 250 g/mol. The van der Waals surface area contributed by atoms with E-state index in [0.717, 1.165) is 37.7 Å². The summed E-state index contributed by atoms with van der Waals surface area (Å²) >= 11 is 0. The van der Waals surface area contributed by atoms with Crippen LogP contribution in [0.15, 0.2) is 16.5 Å². The second-order valence-electron chi connectivity index (χ2n) is 6.08. The number of nitrogens with one attached hydrogen (secondary N) is 1. The Kier molecular flexibility index (Phi) is 7.27. The van der Waals surface area contributed by atoms with E-state index in [1.165, 1.54) is 0 Å². The molecule has 1 heterocycles. The molecule has 1 aromatic rings. The van der Waals surface area contributed by atoms with Gasteiger partial charge in [-0.25, -0.2) is 0 Å². The van der Waals surface area contributed by atoms with Crippen LogP contribution < -0.4 is 5.32 Å². The molecule has 0 saturated carbocycles. The van der Waals surface area contributed by atoms with E-state index in [-0.39, 0.29) is 0 Å². The Bertz CT molecular complexity index is 374.